The fraction of sp³-hybridized carbons (Fsp3) is 0.947. The lowest BCUT2D eigenvalue weighted by molar-refractivity contribution is -0.145. The second kappa shape index (κ2) is 17.7. The van der Waals surface area contributed by atoms with Crippen molar-refractivity contribution in [1.82, 2.24) is 0 Å². The molecule has 0 aliphatic heterocycles. The predicted octanol–water partition coefficient (Wildman–Crippen LogP) is 5.19. The average molecular weight is 331 g/mol. The molecule has 0 bridgehead atoms. The van der Waals surface area contributed by atoms with Crippen molar-refractivity contribution >= 4 is 5.97 Å². The summed E-state index contributed by atoms with van der Waals surface area (Å²) < 4.78 is 10.4. The number of methoxy groups -OCH3 is 1. The highest BCUT2D eigenvalue weighted by Crippen LogP contribution is 2.13. The van der Waals surface area contributed by atoms with Crippen LogP contribution in [0.1, 0.15) is 90.4 Å². The van der Waals surface area contributed by atoms with Crippen LogP contribution in [0.15, 0.2) is 0 Å². The second-order valence-corrected chi connectivity index (χ2v) is 6.46. The summed E-state index contributed by atoms with van der Waals surface area (Å²) in [5.41, 5.74) is 0. The average Bonchev–Trinajstić information content (AvgIpc) is 2.53. The van der Waals surface area contributed by atoms with E-state index in [1.807, 2.05) is 0 Å². The Morgan fingerprint density at radius 1 is 0.870 bits per heavy atom. The van der Waals surface area contributed by atoms with Crippen molar-refractivity contribution in [2.75, 3.05) is 20.3 Å². The molecule has 4 nitrogen and oxygen atoms in total. The van der Waals surface area contributed by atoms with Crippen LogP contribution in [0.2, 0.25) is 0 Å². The maximum absolute atomic E-state index is 10.5. The molecule has 23 heavy (non-hydrogen) atoms. The molecule has 1 atom stereocenters. The van der Waals surface area contributed by atoms with Crippen LogP contribution in [0.25, 0.3) is 0 Å². The lowest BCUT2D eigenvalue weighted by Gasteiger charge is -2.15. The Balaban J connectivity index is 3.33. The number of carboxylic acids is 1. The maximum atomic E-state index is 10.5. The van der Waals surface area contributed by atoms with Gasteiger partial charge in [0.05, 0.1) is 12.7 Å². The number of carbonyl (C=O) groups is 1. The molecular formula is C19H38O4. The molecule has 1 N–H and O–H groups in total. The van der Waals surface area contributed by atoms with Crippen LogP contribution in [0.3, 0.4) is 0 Å². The Hall–Kier alpha value is -0.610. The zero-order valence-corrected chi connectivity index (χ0v) is 15.4. The Morgan fingerprint density at radius 2 is 1.35 bits per heavy atom. The molecule has 0 rings (SSSR count). The van der Waals surface area contributed by atoms with Gasteiger partial charge in [-0.25, -0.2) is 4.79 Å². The molecule has 0 spiro atoms. The van der Waals surface area contributed by atoms with Crippen LogP contribution in [-0.4, -0.2) is 37.5 Å². The molecule has 0 radical (unpaired) electrons. The van der Waals surface area contributed by atoms with Gasteiger partial charge in [0.2, 0.25) is 0 Å². The van der Waals surface area contributed by atoms with E-state index in [-0.39, 0.29) is 12.7 Å². The minimum atomic E-state index is -0.916. The van der Waals surface area contributed by atoms with Crippen LogP contribution in [0.5, 0.6) is 0 Å². The van der Waals surface area contributed by atoms with Crippen molar-refractivity contribution in [3.05, 3.63) is 0 Å². The van der Waals surface area contributed by atoms with E-state index in [9.17, 15) is 4.79 Å². The number of hydrogen-bond acceptors (Lipinski definition) is 3. The van der Waals surface area contributed by atoms with Gasteiger partial charge < -0.3 is 14.6 Å². The number of unbranched alkanes of at least 4 members (excludes halogenated alkanes) is 11. The predicted molar refractivity (Wildman–Crippen MR) is 94.9 cm³/mol. The molecule has 0 saturated heterocycles. The first kappa shape index (κ1) is 22.4. The number of rotatable bonds is 18. The smallest absolute Gasteiger partial charge is 0.329 e. The molecule has 0 aromatic rings. The first-order valence-electron chi connectivity index (χ1n) is 9.53. The summed E-state index contributed by atoms with van der Waals surface area (Å²) in [5, 5.41) is 8.64. The van der Waals surface area contributed by atoms with E-state index in [1.165, 1.54) is 70.6 Å². The van der Waals surface area contributed by atoms with Gasteiger partial charge in [0, 0.05) is 7.11 Å². The first-order valence-corrected chi connectivity index (χ1v) is 9.53. The van der Waals surface area contributed by atoms with Gasteiger partial charge in [0.15, 0.2) is 0 Å². The van der Waals surface area contributed by atoms with Gasteiger partial charge in [-0.3, -0.25) is 0 Å². The molecule has 0 amide bonds. The third kappa shape index (κ3) is 17.6. The van der Waals surface area contributed by atoms with E-state index >= 15 is 0 Å². The van der Waals surface area contributed by atoms with Gasteiger partial charge in [-0.15, -0.1) is 0 Å². The first-order chi connectivity index (χ1) is 11.2. The Morgan fingerprint density at radius 3 is 1.78 bits per heavy atom. The van der Waals surface area contributed by atoms with Crippen LogP contribution in [-0.2, 0) is 14.3 Å². The van der Waals surface area contributed by atoms with E-state index in [0.717, 1.165) is 12.8 Å². The Labute approximate surface area is 142 Å². The summed E-state index contributed by atoms with van der Waals surface area (Å²) in [4.78, 5) is 10.5. The number of aliphatic carboxylic acids is 1. The Bertz CT molecular complexity index is 256. The monoisotopic (exact) mass is 330 g/mol. The summed E-state index contributed by atoms with van der Waals surface area (Å²) in [6.07, 6.45) is 16.7. The highest BCUT2D eigenvalue weighted by atomic mass is 16.5. The Kier molecular flexibility index (Phi) is 17.3. The van der Waals surface area contributed by atoms with Crippen LogP contribution in [0.4, 0.5) is 0 Å². The fourth-order valence-corrected chi connectivity index (χ4v) is 2.80. The molecule has 0 heterocycles. The quantitative estimate of drug-likeness (QED) is 0.351. The normalized spacial score (nSPS) is 12.4. The standard InChI is InChI=1S/C19H38O4/c1-3-4-5-6-7-8-9-10-11-12-13-14-15-18(16-22-2)23-17-19(20)21/h18H,3-17H2,1-2H3,(H,20,21). The second-order valence-electron chi connectivity index (χ2n) is 6.46. The number of ether oxygens (including phenoxy) is 2. The van der Waals surface area contributed by atoms with Crippen LogP contribution in [0, 0.1) is 0 Å². The third-order valence-corrected chi connectivity index (χ3v) is 4.17. The number of carboxylic acid groups (broad SMARTS) is 1. The molecule has 0 aromatic heterocycles. The topological polar surface area (TPSA) is 55.8 Å². The summed E-state index contributed by atoms with van der Waals surface area (Å²) in [5.74, 6) is -0.916. The van der Waals surface area contributed by atoms with Gasteiger partial charge in [-0.1, -0.05) is 84.0 Å². The van der Waals surface area contributed by atoms with Gasteiger partial charge >= 0.3 is 5.97 Å². The van der Waals surface area contributed by atoms with Gasteiger partial charge in [-0.2, -0.15) is 0 Å². The van der Waals surface area contributed by atoms with Gasteiger partial charge in [0.1, 0.15) is 6.61 Å². The SMILES string of the molecule is CCCCCCCCCCCCCCC(COC)OCC(=O)O. The van der Waals surface area contributed by atoms with Gasteiger partial charge in [-0.05, 0) is 6.42 Å². The van der Waals surface area contributed by atoms with E-state index in [2.05, 4.69) is 6.92 Å². The molecule has 4 heteroatoms. The minimum absolute atomic E-state index is 0.0841. The highest BCUT2D eigenvalue weighted by molar-refractivity contribution is 5.68. The number of hydrogen-bond donors (Lipinski definition) is 1. The van der Waals surface area contributed by atoms with E-state index in [1.54, 1.807) is 7.11 Å². The third-order valence-electron chi connectivity index (χ3n) is 4.17. The van der Waals surface area contributed by atoms with E-state index in [0.29, 0.717) is 6.61 Å². The van der Waals surface area contributed by atoms with Crippen molar-refractivity contribution in [3.63, 3.8) is 0 Å². The van der Waals surface area contributed by atoms with Crippen molar-refractivity contribution in [2.24, 2.45) is 0 Å². The molecule has 0 aliphatic carbocycles. The molecule has 0 aliphatic rings. The van der Waals surface area contributed by atoms with Crippen molar-refractivity contribution < 1.29 is 19.4 Å². The summed E-state index contributed by atoms with van der Waals surface area (Å²) in [6, 6.07) is 0. The van der Waals surface area contributed by atoms with Crippen LogP contribution >= 0.6 is 0 Å². The largest absolute Gasteiger partial charge is 0.480 e. The molecule has 0 fully saturated rings. The summed E-state index contributed by atoms with van der Waals surface area (Å²) in [6.45, 7) is 2.51. The minimum Gasteiger partial charge on any atom is -0.480 e. The maximum Gasteiger partial charge on any atom is 0.329 e. The van der Waals surface area contributed by atoms with Crippen molar-refractivity contribution in [2.45, 2.75) is 96.5 Å². The van der Waals surface area contributed by atoms with E-state index < -0.39 is 5.97 Å². The molecule has 1 unspecified atom stereocenters. The lowest BCUT2D eigenvalue weighted by Crippen LogP contribution is -2.22. The summed E-state index contributed by atoms with van der Waals surface area (Å²) in [7, 11) is 1.62. The summed E-state index contributed by atoms with van der Waals surface area (Å²) >= 11 is 0. The fourth-order valence-electron chi connectivity index (χ4n) is 2.80. The van der Waals surface area contributed by atoms with Crippen molar-refractivity contribution in [3.8, 4) is 0 Å². The molecule has 138 valence electrons. The zero-order valence-electron chi connectivity index (χ0n) is 15.4. The van der Waals surface area contributed by atoms with Crippen LogP contribution < -0.4 is 0 Å². The molecule has 0 aromatic carbocycles. The van der Waals surface area contributed by atoms with Gasteiger partial charge in [0.25, 0.3) is 0 Å². The van der Waals surface area contributed by atoms with E-state index in [4.69, 9.17) is 14.6 Å². The lowest BCUT2D eigenvalue weighted by atomic mass is 10.0. The van der Waals surface area contributed by atoms with Crippen molar-refractivity contribution in [1.29, 1.82) is 0 Å². The molecular weight excluding hydrogens is 292 g/mol. The highest BCUT2D eigenvalue weighted by Gasteiger charge is 2.10. The molecule has 0 saturated carbocycles. The zero-order chi connectivity index (χ0) is 17.2.